The average Bonchev–Trinajstić information content (AvgIpc) is 2.64. The van der Waals surface area contributed by atoms with Gasteiger partial charge in [-0.25, -0.2) is 0 Å². The highest BCUT2D eigenvalue weighted by Gasteiger charge is 2.22. The number of aliphatic imine (C=N–C) groups is 1. The van der Waals surface area contributed by atoms with Crippen LogP contribution in [0.5, 0.6) is 5.75 Å². The molecule has 142 valence electrons. The highest BCUT2D eigenvalue weighted by molar-refractivity contribution is 14.0. The fourth-order valence-electron chi connectivity index (χ4n) is 3.32. The van der Waals surface area contributed by atoms with Gasteiger partial charge in [-0.3, -0.25) is 9.89 Å². The molecule has 0 aliphatic carbocycles. The van der Waals surface area contributed by atoms with Gasteiger partial charge in [0.25, 0.3) is 0 Å². The Morgan fingerprint density at radius 3 is 2.28 bits per heavy atom. The first-order valence-corrected chi connectivity index (χ1v) is 9.12. The zero-order valence-electron chi connectivity index (χ0n) is 15.8. The smallest absolute Gasteiger partial charge is 0.191 e. The Balaban J connectivity index is 0.00000312. The largest absolute Gasteiger partial charge is 0.497 e. The molecule has 0 saturated carbocycles. The summed E-state index contributed by atoms with van der Waals surface area (Å²) in [7, 11) is 1.70. The zero-order chi connectivity index (χ0) is 17.4. The number of benzene rings is 1. The van der Waals surface area contributed by atoms with Gasteiger partial charge in [0.05, 0.1) is 19.7 Å². The van der Waals surface area contributed by atoms with Crippen LogP contribution in [0, 0.1) is 0 Å². The van der Waals surface area contributed by atoms with Crippen molar-refractivity contribution in [3.05, 3.63) is 29.8 Å². The first-order chi connectivity index (χ1) is 11.7. The number of rotatable bonds is 7. The molecule has 6 heteroatoms. The van der Waals surface area contributed by atoms with Crippen LogP contribution in [0.3, 0.4) is 0 Å². The molecule has 1 atom stereocenters. The van der Waals surface area contributed by atoms with E-state index in [0.29, 0.717) is 12.5 Å². The van der Waals surface area contributed by atoms with Crippen LogP contribution in [0.4, 0.5) is 0 Å². The number of guanidine groups is 1. The van der Waals surface area contributed by atoms with Gasteiger partial charge in [0.1, 0.15) is 5.75 Å². The van der Waals surface area contributed by atoms with Gasteiger partial charge in [-0.2, -0.15) is 0 Å². The molecule has 1 aliphatic heterocycles. The second-order valence-corrected chi connectivity index (χ2v) is 6.26. The number of nitrogens with zero attached hydrogens (tertiary/aromatic N) is 3. The lowest BCUT2D eigenvalue weighted by atomic mass is 10.0. The number of methoxy groups -OCH3 is 1. The minimum atomic E-state index is 0. The monoisotopic (exact) mass is 460 g/mol. The molecule has 1 aliphatic rings. The Bertz CT molecular complexity index is 511. The molecule has 1 heterocycles. The van der Waals surface area contributed by atoms with Gasteiger partial charge in [0.2, 0.25) is 0 Å². The second-order valence-electron chi connectivity index (χ2n) is 6.26. The highest BCUT2D eigenvalue weighted by Crippen LogP contribution is 2.26. The van der Waals surface area contributed by atoms with E-state index in [0.717, 1.165) is 31.9 Å². The van der Waals surface area contributed by atoms with Crippen molar-refractivity contribution in [2.75, 3.05) is 39.8 Å². The summed E-state index contributed by atoms with van der Waals surface area (Å²) in [5.41, 5.74) is 7.46. The van der Waals surface area contributed by atoms with Crippen LogP contribution in [-0.2, 0) is 0 Å². The molecular weight excluding hydrogens is 427 g/mol. The summed E-state index contributed by atoms with van der Waals surface area (Å²) in [6.07, 6.45) is 3.86. The van der Waals surface area contributed by atoms with E-state index in [4.69, 9.17) is 15.5 Å². The molecule has 2 rings (SSSR count). The first kappa shape index (κ1) is 22.0. The van der Waals surface area contributed by atoms with Crippen LogP contribution in [0.2, 0.25) is 0 Å². The van der Waals surface area contributed by atoms with Crippen molar-refractivity contribution < 1.29 is 4.74 Å². The highest BCUT2D eigenvalue weighted by atomic mass is 127. The molecule has 0 amide bonds. The van der Waals surface area contributed by atoms with Crippen LogP contribution in [0.25, 0.3) is 0 Å². The van der Waals surface area contributed by atoms with Gasteiger partial charge in [-0.1, -0.05) is 18.6 Å². The first-order valence-electron chi connectivity index (χ1n) is 9.12. The summed E-state index contributed by atoms with van der Waals surface area (Å²) in [5, 5.41) is 0. The van der Waals surface area contributed by atoms with Crippen LogP contribution >= 0.6 is 24.0 Å². The molecule has 0 radical (unpaired) electrons. The second kappa shape index (κ2) is 11.6. The number of likely N-dealkylation sites (tertiary alicyclic amines) is 1. The van der Waals surface area contributed by atoms with Crippen LogP contribution < -0.4 is 10.5 Å². The summed E-state index contributed by atoms with van der Waals surface area (Å²) in [5.74, 6) is 1.54. The Labute approximate surface area is 169 Å². The number of ether oxygens (including phenoxy) is 1. The minimum absolute atomic E-state index is 0. The lowest BCUT2D eigenvalue weighted by Crippen LogP contribution is -2.39. The van der Waals surface area contributed by atoms with Crippen molar-refractivity contribution in [2.24, 2.45) is 10.7 Å². The molecule has 25 heavy (non-hydrogen) atoms. The van der Waals surface area contributed by atoms with Gasteiger partial charge < -0.3 is 15.4 Å². The van der Waals surface area contributed by atoms with Crippen molar-refractivity contribution in [1.82, 2.24) is 9.80 Å². The molecule has 1 fully saturated rings. The maximum atomic E-state index is 6.18. The Hall–Kier alpha value is -1.02. The van der Waals surface area contributed by atoms with Crippen molar-refractivity contribution in [2.45, 2.75) is 39.2 Å². The molecule has 0 aromatic heterocycles. The third-order valence-corrected chi connectivity index (χ3v) is 4.85. The number of halogens is 1. The van der Waals surface area contributed by atoms with E-state index in [9.17, 15) is 0 Å². The fraction of sp³-hybridized carbons (Fsp3) is 0.632. The standard InChI is InChI=1S/C19H32N4O.HI/c1-4-22(5-2)19(20)21-15-18(23-13-7-6-8-14-23)16-9-11-17(24-3)12-10-16;/h9-12,18H,4-8,13-15H2,1-3H3,(H2,20,21);1H. The van der Waals surface area contributed by atoms with Crippen molar-refractivity contribution >= 4 is 29.9 Å². The molecule has 0 spiro atoms. The van der Waals surface area contributed by atoms with E-state index in [1.807, 2.05) is 12.1 Å². The summed E-state index contributed by atoms with van der Waals surface area (Å²) in [6, 6.07) is 8.65. The van der Waals surface area contributed by atoms with E-state index in [2.05, 4.69) is 35.8 Å². The summed E-state index contributed by atoms with van der Waals surface area (Å²) >= 11 is 0. The third kappa shape index (κ3) is 6.33. The molecule has 1 saturated heterocycles. The number of nitrogens with two attached hydrogens (primary N) is 1. The average molecular weight is 460 g/mol. The van der Waals surface area contributed by atoms with E-state index >= 15 is 0 Å². The minimum Gasteiger partial charge on any atom is -0.497 e. The van der Waals surface area contributed by atoms with Gasteiger partial charge >= 0.3 is 0 Å². The third-order valence-electron chi connectivity index (χ3n) is 4.85. The van der Waals surface area contributed by atoms with Crippen molar-refractivity contribution in [3.8, 4) is 5.75 Å². The van der Waals surface area contributed by atoms with Gasteiger partial charge in [0.15, 0.2) is 5.96 Å². The van der Waals surface area contributed by atoms with Crippen molar-refractivity contribution in [1.29, 1.82) is 0 Å². The van der Waals surface area contributed by atoms with E-state index in [-0.39, 0.29) is 30.0 Å². The maximum absolute atomic E-state index is 6.18. The van der Waals surface area contributed by atoms with Crippen LogP contribution in [0.15, 0.2) is 29.3 Å². The van der Waals surface area contributed by atoms with Crippen molar-refractivity contribution in [3.63, 3.8) is 0 Å². The molecule has 2 N–H and O–H groups in total. The fourth-order valence-corrected chi connectivity index (χ4v) is 3.32. The Kier molecular flexibility index (Phi) is 10.2. The molecule has 5 nitrogen and oxygen atoms in total. The lowest BCUT2D eigenvalue weighted by molar-refractivity contribution is 0.167. The molecule has 1 aromatic rings. The topological polar surface area (TPSA) is 54.1 Å². The van der Waals surface area contributed by atoms with E-state index in [1.165, 1.54) is 24.8 Å². The molecule has 1 aromatic carbocycles. The number of piperidine rings is 1. The summed E-state index contributed by atoms with van der Waals surface area (Å²) in [4.78, 5) is 9.35. The molecule has 0 bridgehead atoms. The maximum Gasteiger partial charge on any atom is 0.191 e. The van der Waals surface area contributed by atoms with Gasteiger partial charge in [0, 0.05) is 13.1 Å². The van der Waals surface area contributed by atoms with Gasteiger partial charge in [-0.15, -0.1) is 24.0 Å². The molecular formula is C19H33IN4O. The van der Waals surface area contributed by atoms with E-state index in [1.54, 1.807) is 7.11 Å². The number of hydrogen-bond acceptors (Lipinski definition) is 3. The van der Waals surface area contributed by atoms with E-state index < -0.39 is 0 Å². The summed E-state index contributed by atoms with van der Waals surface area (Å²) < 4.78 is 5.29. The van der Waals surface area contributed by atoms with Gasteiger partial charge in [-0.05, 0) is 57.5 Å². The molecule has 1 unspecified atom stereocenters. The lowest BCUT2D eigenvalue weighted by Gasteiger charge is -2.34. The summed E-state index contributed by atoms with van der Waals surface area (Å²) in [6.45, 7) is 8.98. The normalized spacial score (nSPS) is 16.8. The quantitative estimate of drug-likeness (QED) is 0.385. The Morgan fingerprint density at radius 1 is 1.16 bits per heavy atom. The predicted molar refractivity (Wildman–Crippen MR) is 116 cm³/mol. The zero-order valence-corrected chi connectivity index (χ0v) is 18.1. The predicted octanol–water partition coefficient (Wildman–Crippen LogP) is 3.50. The number of hydrogen-bond donors (Lipinski definition) is 1. The Morgan fingerprint density at radius 2 is 1.76 bits per heavy atom. The van der Waals surface area contributed by atoms with Crippen LogP contribution in [0.1, 0.15) is 44.7 Å². The SMILES string of the molecule is CCN(CC)C(N)=NCC(c1ccc(OC)cc1)N1CCCCC1.I. The van der Waals surface area contributed by atoms with Crippen LogP contribution in [-0.4, -0.2) is 55.6 Å².